The molecule has 0 aromatic heterocycles. The van der Waals surface area contributed by atoms with Gasteiger partial charge in [0.15, 0.2) is 6.10 Å². The lowest BCUT2D eigenvalue weighted by molar-refractivity contribution is -0.127. The van der Waals surface area contributed by atoms with Crippen LogP contribution in [0.25, 0.3) is 0 Å². The number of carbonyl (C=O) groups is 1. The van der Waals surface area contributed by atoms with Gasteiger partial charge in [-0.2, -0.15) is 0 Å². The van der Waals surface area contributed by atoms with Gasteiger partial charge < -0.3 is 10.1 Å². The van der Waals surface area contributed by atoms with Crippen LogP contribution < -0.4 is 14.4 Å². The van der Waals surface area contributed by atoms with E-state index in [-0.39, 0.29) is 17.3 Å². The molecular weight excluding hydrogens is 396 g/mol. The fourth-order valence-electron chi connectivity index (χ4n) is 2.46. The number of halogens is 1. The molecule has 0 bridgehead atoms. The first kappa shape index (κ1) is 16.8. The van der Waals surface area contributed by atoms with Crippen molar-refractivity contribution in [2.75, 3.05) is 17.9 Å². The number of hydrogen-bond acceptors (Lipinski definition) is 4. The highest BCUT2D eigenvalue weighted by Gasteiger charge is 2.37. The van der Waals surface area contributed by atoms with E-state index < -0.39 is 16.1 Å². The zero-order valence-electron chi connectivity index (χ0n) is 12.8. The van der Waals surface area contributed by atoms with Gasteiger partial charge in [0, 0.05) is 11.5 Å². The molecule has 1 aliphatic rings. The maximum atomic E-state index is 13.0. The average molecular weight is 411 g/mol. The van der Waals surface area contributed by atoms with Crippen molar-refractivity contribution in [3.63, 3.8) is 0 Å². The molecule has 0 aliphatic carbocycles. The van der Waals surface area contributed by atoms with Gasteiger partial charge in [0.25, 0.3) is 15.9 Å². The molecule has 0 saturated carbocycles. The van der Waals surface area contributed by atoms with Crippen molar-refractivity contribution < 1.29 is 17.9 Å². The van der Waals surface area contributed by atoms with Crippen LogP contribution in [0.2, 0.25) is 0 Å². The van der Waals surface area contributed by atoms with E-state index in [0.29, 0.717) is 11.4 Å². The Morgan fingerprint density at radius 2 is 1.88 bits per heavy atom. The molecule has 0 fully saturated rings. The number of hydrogen-bond donors (Lipinski definition) is 1. The smallest absolute Gasteiger partial charge is 0.264 e. The summed E-state index contributed by atoms with van der Waals surface area (Å²) in [5.74, 6) is -0.0152. The Morgan fingerprint density at radius 1 is 1.21 bits per heavy atom. The summed E-state index contributed by atoms with van der Waals surface area (Å²) >= 11 is 3.29. The third-order valence-corrected chi connectivity index (χ3v) is 6.00. The molecule has 24 heavy (non-hydrogen) atoms. The van der Waals surface area contributed by atoms with Gasteiger partial charge in [0.05, 0.1) is 17.1 Å². The molecule has 8 heteroatoms. The topological polar surface area (TPSA) is 75.7 Å². The predicted molar refractivity (Wildman–Crippen MR) is 93.6 cm³/mol. The first-order valence-electron chi connectivity index (χ1n) is 7.19. The summed E-state index contributed by atoms with van der Waals surface area (Å²) in [7, 11) is -2.33. The normalized spacial score (nSPS) is 16.9. The van der Waals surface area contributed by atoms with E-state index in [1.807, 2.05) is 0 Å². The predicted octanol–water partition coefficient (Wildman–Crippen LogP) is 2.15. The highest BCUT2D eigenvalue weighted by Crippen LogP contribution is 2.36. The summed E-state index contributed by atoms with van der Waals surface area (Å²) in [5, 5.41) is 2.49. The number of anilines is 1. The van der Waals surface area contributed by atoms with E-state index in [4.69, 9.17) is 4.74 Å². The van der Waals surface area contributed by atoms with Crippen LogP contribution >= 0.6 is 15.9 Å². The first-order chi connectivity index (χ1) is 11.4. The van der Waals surface area contributed by atoms with Gasteiger partial charge in [-0.05, 0) is 36.4 Å². The van der Waals surface area contributed by atoms with Crippen LogP contribution in [0.4, 0.5) is 5.69 Å². The van der Waals surface area contributed by atoms with Crippen molar-refractivity contribution in [2.24, 2.45) is 0 Å². The Bertz CT molecular complexity index is 868. The number of benzene rings is 2. The molecule has 2 aromatic carbocycles. The van der Waals surface area contributed by atoms with Crippen LogP contribution in [0.1, 0.15) is 0 Å². The second kappa shape index (κ2) is 6.45. The molecule has 0 saturated heterocycles. The Hall–Kier alpha value is -2.06. The van der Waals surface area contributed by atoms with E-state index in [1.165, 1.54) is 23.5 Å². The number of amides is 1. The van der Waals surface area contributed by atoms with E-state index in [9.17, 15) is 13.2 Å². The van der Waals surface area contributed by atoms with Gasteiger partial charge in [0.2, 0.25) is 0 Å². The Kier molecular flexibility index (Phi) is 4.51. The molecule has 1 aliphatic heterocycles. The van der Waals surface area contributed by atoms with E-state index in [0.717, 1.165) is 4.47 Å². The van der Waals surface area contributed by atoms with Gasteiger partial charge in [-0.15, -0.1) is 0 Å². The summed E-state index contributed by atoms with van der Waals surface area (Å²) < 4.78 is 33.7. The zero-order valence-corrected chi connectivity index (χ0v) is 15.2. The van der Waals surface area contributed by atoms with Crippen molar-refractivity contribution in [2.45, 2.75) is 11.0 Å². The molecule has 1 amide bonds. The molecule has 1 heterocycles. The third kappa shape index (κ3) is 2.99. The van der Waals surface area contributed by atoms with Gasteiger partial charge in [-0.3, -0.25) is 9.10 Å². The zero-order chi connectivity index (χ0) is 17.3. The highest BCUT2D eigenvalue weighted by atomic mass is 79.9. The Labute approximate surface area is 148 Å². The van der Waals surface area contributed by atoms with E-state index in [2.05, 4.69) is 21.2 Å². The quantitative estimate of drug-likeness (QED) is 0.840. The molecule has 0 spiro atoms. The number of para-hydroxylation sites is 2. The van der Waals surface area contributed by atoms with E-state index in [1.54, 1.807) is 36.4 Å². The van der Waals surface area contributed by atoms with Crippen molar-refractivity contribution in [1.82, 2.24) is 5.32 Å². The van der Waals surface area contributed by atoms with Crippen molar-refractivity contribution in [1.29, 1.82) is 0 Å². The molecule has 0 radical (unpaired) electrons. The number of sulfonamides is 1. The number of rotatable bonds is 3. The van der Waals surface area contributed by atoms with Crippen LogP contribution in [-0.4, -0.2) is 34.0 Å². The molecular formula is C16H15BrN2O4S. The second-order valence-electron chi connectivity index (χ2n) is 5.18. The number of ether oxygens (including phenoxy) is 1. The minimum Gasteiger partial charge on any atom is -0.476 e. The molecule has 1 N–H and O–H groups in total. The van der Waals surface area contributed by atoms with Gasteiger partial charge in [-0.1, -0.05) is 28.1 Å². The molecule has 2 aromatic rings. The largest absolute Gasteiger partial charge is 0.476 e. The average Bonchev–Trinajstić information content (AvgIpc) is 2.60. The van der Waals surface area contributed by atoms with Crippen molar-refractivity contribution >= 4 is 37.5 Å². The monoisotopic (exact) mass is 410 g/mol. The molecule has 1 unspecified atom stereocenters. The lowest BCUT2D eigenvalue weighted by Crippen LogP contribution is -2.50. The van der Waals surface area contributed by atoms with Gasteiger partial charge in [0.1, 0.15) is 5.75 Å². The molecule has 3 rings (SSSR count). The van der Waals surface area contributed by atoms with Crippen molar-refractivity contribution in [3.05, 3.63) is 53.0 Å². The van der Waals surface area contributed by atoms with Crippen LogP contribution in [-0.2, 0) is 14.8 Å². The van der Waals surface area contributed by atoms with Gasteiger partial charge in [-0.25, -0.2) is 8.42 Å². The SMILES string of the molecule is CNC(=O)C1CN(S(=O)(=O)c2ccc(Br)cc2)c2ccccc2O1. The van der Waals surface area contributed by atoms with Crippen LogP contribution in [0, 0.1) is 0 Å². The third-order valence-electron chi connectivity index (χ3n) is 3.68. The van der Waals surface area contributed by atoms with E-state index >= 15 is 0 Å². The fraction of sp³-hybridized carbons (Fsp3) is 0.188. The number of likely N-dealkylation sites (N-methyl/N-ethyl adjacent to an activating group) is 1. The lowest BCUT2D eigenvalue weighted by Gasteiger charge is -2.34. The minimum atomic E-state index is -3.81. The van der Waals surface area contributed by atoms with Crippen LogP contribution in [0.15, 0.2) is 57.9 Å². The van der Waals surface area contributed by atoms with Crippen LogP contribution in [0.5, 0.6) is 5.75 Å². The maximum Gasteiger partial charge on any atom is 0.264 e. The summed E-state index contributed by atoms with van der Waals surface area (Å²) in [4.78, 5) is 12.1. The second-order valence-corrected chi connectivity index (χ2v) is 7.96. The number of nitrogens with zero attached hydrogens (tertiary/aromatic N) is 1. The molecule has 126 valence electrons. The molecule has 6 nitrogen and oxygen atoms in total. The summed E-state index contributed by atoms with van der Waals surface area (Å²) in [5.41, 5.74) is 0.417. The molecule has 1 atom stereocenters. The van der Waals surface area contributed by atoms with Crippen LogP contribution in [0.3, 0.4) is 0 Å². The minimum absolute atomic E-state index is 0.0882. The standard InChI is InChI=1S/C16H15BrN2O4S/c1-18-16(20)15-10-19(13-4-2-3-5-14(13)23-15)24(21,22)12-8-6-11(17)7-9-12/h2-9,15H,10H2,1H3,(H,18,20). The van der Waals surface area contributed by atoms with Gasteiger partial charge >= 0.3 is 0 Å². The summed E-state index contributed by atoms with van der Waals surface area (Å²) in [6.45, 7) is -0.0882. The maximum absolute atomic E-state index is 13.0. The number of carbonyl (C=O) groups excluding carboxylic acids is 1. The Morgan fingerprint density at radius 3 is 2.54 bits per heavy atom. The lowest BCUT2D eigenvalue weighted by atomic mass is 10.2. The number of fused-ring (bicyclic) bond motifs is 1. The Balaban J connectivity index is 2.07. The summed E-state index contributed by atoms with van der Waals surface area (Å²) in [6, 6.07) is 13.1. The first-order valence-corrected chi connectivity index (χ1v) is 9.42. The fourth-order valence-corrected chi connectivity index (χ4v) is 4.20. The van der Waals surface area contributed by atoms with Crippen molar-refractivity contribution in [3.8, 4) is 5.75 Å². The number of nitrogens with one attached hydrogen (secondary N) is 1. The summed E-state index contributed by atoms with van der Waals surface area (Å²) in [6.07, 6.45) is -0.907. The highest BCUT2D eigenvalue weighted by molar-refractivity contribution is 9.10.